The summed E-state index contributed by atoms with van der Waals surface area (Å²) in [6.45, 7) is 10.5. The Morgan fingerprint density at radius 2 is 1.70 bits per heavy atom. The molecule has 322 valence electrons. The normalized spacial score (nSPS) is 15.5. The number of rotatable bonds is 19. The lowest BCUT2D eigenvalue weighted by Gasteiger charge is -2.36. The quantitative estimate of drug-likeness (QED) is 0.0911. The van der Waals surface area contributed by atoms with E-state index in [4.69, 9.17) is 14.5 Å². The van der Waals surface area contributed by atoms with Crippen LogP contribution in [0.1, 0.15) is 57.9 Å². The van der Waals surface area contributed by atoms with E-state index in [-0.39, 0.29) is 37.4 Å². The average Bonchev–Trinajstić information content (AvgIpc) is 3.86. The molecule has 5 amide bonds. The van der Waals surface area contributed by atoms with E-state index in [1.165, 1.54) is 18.4 Å². The van der Waals surface area contributed by atoms with Gasteiger partial charge >= 0.3 is 12.1 Å². The van der Waals surface area contributed by atoms with Crippen molar-refractivity contribution in [3.05, 3.63) is 101 Å². The third kappa shape index (κ3) is 12.2. The van der Waals surface area contributed by atoms with Crippen molar-refractivity contribution < 1.29 is 33.8 Å². The molecule has 1 aliphatic rings. The maximum absolute atomic E-state index is 14.6. The highest BCUT2D eigenvalue weighted by Crippen LogP contribution is 2.27. The molecule has 1 fully saturated rings. The molecule has 4 aromatic rings. The zero-order chi connectivity index (χ0) is 43.4. The summed E-state index contributed by atoms with van der Waals surface area (Å²) >= 11 is 1.49. The summed E-state index contributed by atoms with van der Waals surface area (Å²) in [7, 11) is 2.80. The summed E-state index contributed by atoms with van der Waals surface area (Å²) in [5.74, 6) is -0.448. The first-order valence-corrected chi connectivity index (χ1v) is 21.0. The molecular weight excluding hydrogens is 785 g/mol. The number of hydrazine groups is 1. The monoisotopic (exact) mass is 842 g/mol. The van der Waals surface area contributed by atoms with Crippen LogP contribution in [0.3, 0.4) is 0 Å². The van der Waals surface area contributed by atoms with Crippen molar-refractivity contribution in [1.82, 2.24) is 40.8 Å². The molecule has 1 aliphatic heterocycles. The third-order valence-electron chi connectivity index (χ3n) is 10.6. The maximum atomic E-state index is 14.6. The van der Waals surface area contributed by atoms with E-state index in [0.29, 0.717) is 31.8 Å². The van der Waals surface area contributed by atoms with Crippen molar-refractivity contribution in [2.75, 3.05) is 33.9 Å². The number of hydrogen-bond donors (Lipinski definition) is 4. The van der Waals surface area contributed by atoms with Crippen molar-refractivity contribution >= 4 is 35.3 Å². The van der Waals surface area contributed by atoms with Gasteiger partial charge in [0.05, 0.1) is 38.6 Å². The smallest absolute Gasteiger partial charge is 0.407 e. The van der Waals surface area contributed by atoms with Crippen LogP contribution in [0.5, 0.6) is 5.75 Å². The number of nitrogens with one attached hydrogen (secondary N) is 3. The van der Waals surface area contributed by atoms with Crippen LogP contribution in [-0.2, 0) is 33.8 Å². The molecule has 3 heterocycles. The Morgan fingerprint density at radius 1 is 0.967 bits per heavy atom. The summed E-state index contributed by atoms with van der Waals surface area (Å²) in [5, 5.41) is 22.2. The lowest BCUT2D eigenvalue weighted by molar-refractivity contribution is -0.132. The van der Waals surface area contributed by atoms with Crippen molar-refractivity contribution in [1.29, 1.82) is 0 Å². The molecule has 0 saturated carbocycles. The number of amides is 5. The predicted octanol–water partition coefficient (Wildman–Crippen LogP) is 5.26. The fourth-order valence-corrected chi connectivity index (χ4v) is 7.88. The Bertz CT molecular complexity index is 2010. The standard InChI is InChI=1S/C44H58N8O7S/c1-8-29(2)37(52-22-21-50(43(52)57)26-33-28-60-41(46-33)32-15-12-20-45-24-32)39(54)47-35(23-30-13-10-9-11-14-30)36(53)27-51(25-31-16-18-34(58-6)19-17-31)49-40(55)38(44(3,4)5)48-42(56)59-7/h9-20,24,28-29,35-38,53H,8,21-23,25-27H2,1-7H3,(H,47,54)(H,48,56)(H,49,55). The molecule has 1 saturated heterocycles. The van der Waals surface area contributed by atoms with Crippen LogP contribution in [0.4, 0.5) is 9.59 Å². The van der Waals surface area contributed by atoms with Gasteiger partial charge in [0.1, 0.15) is 22.8 Å². The SMILES string of the molecule is CCC(C)C(C(=O)NC(Cc1ccccc1)C(O)CN(Cc1ccc(OC)cc1)NC(=O)C(NC(=O)OC)C(C)(C)C)N1CCN(Cc2csc(-c3cccnc3)n2)C1=O. The Labute approximate surface area is 356 Å². The van der Waals surface area contributed by atoms with Gasteiger partial charge in [-0.05, 0) is 53.1 Å². The van der Waals surface area contributed by atoms with Gasteiger partial charge in [-0.15, -0.1) is 11.3 Å². The fraction of sp³-hybridized carbons (Fsp3) is 0.455. The number of carbonyl (C=O) groups excluding carboxylic acids is 4. The van der Waals surface area contributed by atoms with E-state index < -0.39 is 41.6 Å². The van der Waals surface area contributed by atoms with Gasteiger partial charge < -0.3 is 35.0 Å². The largest absolute Gasteiger partial charge is 0.497 e. The Balaban J connectivity index is 1.37. The van der Waals surface area contributed by atoms with Gasteiger partial charge in [-0.1, -0.05) is 83.5 Å². The molecule has 60 heavy (non-hydrogen) atoms. The van der Waals surface area contributed by atoms with Crippen LogP contribution >= 0.6 is 11.3 Å². The number of hydrogen-bond acceptors (Lipinski definition) is 11. The highest BCUT2D eigenvalue weighted by molar-refractivity contribution is 7.13. The summed E-state index contributed by atoms with van der Waals surface area (Å²) in [4.78, 5) is 67.1. The maximum Gasteiger partial charge on any atom is 0.407 e. The van der Waals surface area contributed by atoms with Crippen molar-refractivity contribution in [2.24, 2.45) is 11.3 Å². The van der Waals surface area contributed by atoms with E-state index in [9.17, 15) is 24.3 Å². The number of benzene rings is 2. The van der Waals surface area contributed by atoms with E-state index in [1.807, 2.05) is 94.6 Å². The second-order valence-corrected chi connectivity index (χ2v) is 17.0. The first kappa shape index (κ1) is 45.5. The Kier molecular flexibility index (Phi) is 16.0. The summed E-state index contributed by atoms with van der Waals surface area (Å²) < 4.78 is 10.1. The number of ether oxygens (including phenoxy) is 2. The third-order valence-corrected chi connectivity index (χ3v) is 11.5. The molecule has 0 spiro atoms. The molecule has 2 aromatic carbocycles. The van der Waals surface area contributed by atoms with Crippen molar-refractivity contribution in [3.63, 3.8) is 0 Å². The lowest BCUT2D eigenvalue weighted by atomic mass is 9.86. The molecule has 15 nitrogen and oxygen atoms in total. The summed E-state index contributed by atoms with van der Waals surface area (Å²) in [6, 6.07) is 17.7. The molecule has 4 N–H and O–H groups in total. The topological polar surface area (TPSA) is 179 Å². The number of nitrogens with zero attached hydrogens (tertiary/aromatic N) is 5. The van der Waals surface area contributed by atoms with Crippen LogP contribution in [0, 0.1) is 11.3 Å². The van der Waals surface area contributed by atoms with Crippen molar-refractivity contribution in [3.8, 4) is 16.3 Å². The number of carbonyl (C=O) groups is 4. The number of alkyl carbamates (subject to hydrolysis) is 1. The zero-order valence-electron chi connectivity index (χ0n) is 35.5. The lowest BCUT2D eigenvalue weighted by Crippen LogP contribution is -2.60. The van der Waals surface area contributed by atoms with Gasteiger partial charge in [-0.25, -0.2) is 19.6 Å². The summed E-state index contributed by atoms with van der Waals surface area (Å²) in [5.41, 5.74) is 5.56. The minimum absolute atomic E-state index is 0.107. The molecule has 5 unspecified atom stereocenters. The molecule has 2 aromatic heterocycles. The molecule has 5 atom stereocenters. The van der Waals surface area contributed by atoms with E-state index >= 15 is 0 Å². The van der Waals surface area contributed by atoms with Crippen LogP contribution in [-0.4, -0.2) is 112 Å². The number of urea groups is 1. The van der Waals surface area contributed by atoms with Crippen LogP contribution < -0.4 is 20.8 Å². The molecule has 0 radical (unpaired) electrons. The highest BCUT2D eigenvalue weighted by atomic mass is 32.1. The van der Waals surface area contributed by atoms with Crippen molar-refractivity contribution in [2.45, 2.75) is 84.8 Å². The molecule has 16 heteroatoms. The van der Waals surface area contributed by atoms with Gasteiger partial charge in [0.25, 0.3) is 5.91 Å². The number of pyridine rings is 1. The number of methoxy groups -OCH3 is 2. The molecule has 5 rings (SSSR count). The molecule has 0 aliphatic carbocycles. The number of aromatic nitrogens is 2. The predicted molar refractivity (Wildman–Crippen MR) is 230 cm³/mol. The van der Waals surface area contributed by atoms with Crippen LogP contribution in [0.2, 0.25) is 0 Å². The van der Waals surface area contributed by atoms with Gasteiger partial charge in [-0.2, -0.15) is 0 Å². The first-order chi connectivity index (χ1) is 28.7. The second kappa shape index (κ2) is 21.1. The second-order valence-electron chi connectivity index (χ2n) is 16.1. The van der Waals surface area contributed by atoms with E-state index in [1.54, 1.807) is 46.4 Å². The molecular formula is C44H58N8O7S. The minimum Gasteiger partial charge on any atom is -0.497 e. The van der Waals surface area contributed by atoms with Gasteiger partial charge in [-0.3, -0.25) is 20.0 Å². The van der Waals surface area contributed by atoms with Gasteiger partial charge in [0.2, 0.25) is 5.91 Å². The van der Waals surface area contributed by atoms with Crippen LogP contribution in [0.25, 0.3) is 10.6 Å². The van der Waals surface area contributed by atoms with E-state index in [0.717, 1.165) is 27.4 Å². The number of aliphatic hydroxyl groups excluding tert-OH is 1. The highest BCUT2D eigenvalue weighted by Gasteiger charge is 2.41. The van der Waals surface area contributed by atoms with Gasteiger partial charge in [0.15, 0.2) is 0 Å². The average molecular weight is 843 g/mol. The van der Waals surface area contributed by atoms with Gasteiger partial charge in [0, 0.05) is 49.5 Å². The number of thiazole rings is 1. The zero-order valence-corrected chi connectivity index (χ0v) is 36.3. The molecule has 0 bridgehead atoms. The number of aliphatic hydroxyl groups is 1. The van der Waals surface area contributed by atoms with E-state index in [2.05, 4.69) is 21.0 Å². The Hall–Kier alpha value is -5.58. The first-order valence-electron chi connectivity index (χ1n) is 20.2. The fourth-order valence-electron chi connectivity index (χ4n) is 7.08. The Morgan fingerprint density at radius 3 is 2.33 bits per heavy atom. The minimum atomic E-state index is -1.21. The summed E-state index contributed by atoms with van der Waals surface area (Å²) in [6.07, 6.45) is 2.39. The van der Waals surface area contributed by atoms with Crippen LogP contribution in [0.15, 0.2) is 84.5 Å².